The van der Waals surface area contributed by atoms with Gasteiger partial charge in [0.1, 0.15) is 17.3 Å². The molecule has 0 radical (unpaired) electrons. The molecular formula is C25H30N6O4. The van der Waals surface area contributed by atoms with Gasteiger partial charge < -0.3 is 29.1 Å². The third-order valence-electron chi connectivity index (χ3n) is 6.65. The van der Waals surface area contributed by atoms with E-state index >= 15 is 0 Å². The van der Waals surface area contributed by atoms with Gasteiger partial charge in [-0.3, -0.25) is 0 Å². The first kappa shape index (κ1) is 22.9. The number of piperazine rings is 1. The Hall–Kier alpha value is -3.82. The van der Waals surface area contributed by atoms with E-state index in [4.69, 9.17) is 14.0 Å². The van der Waals surface area contributed by atoms with E-state index in [9.17, 15) is 4.79 Å². The number of hydrogen-bond acceptors (Lipinski definition) is 8. The number of hydrogen-bond donors (Lipinski definition) is 1. The summed E-state index contributed by atoms with van der Waals surface area (Å²) in [6.07, 6.45) is 6.48. The number of nitrogens with zero attached hydrogens (tertiary/aromatic N) is 5. The van der Waals surface area contributed by atoms with Gasteiger partial charge >= 0.3 is 6.03 Å². The van der Waals surface area contributed by atoms with E-state index in [0.29, 0.717) is 55.1 Å². The molecule has 1 aliphatic heterocycles. The van der Waals surface area contributed by atoms with E-state index in [0.717, 1.165) is 30.1 Å². The fraction of sp³-hybridized carbons (Fsp3) is 0.440. The highest BCUT2D eigenvalue weighted by Crippen LogP contribution is 2.34. The topological polar surface area (TPSA) is 106 Å². The van der Waals surface area contributed by atoms with Crippen LogP contribution in [0.25, 0.3) is 11.4 Å². The molecule has 0 atom stereocenters. The average Bonchev–Trinajstić information content (AvgIpc) is 3.61. The molecule has 0 spiro atoms. The largest absolute Gasteiger partial charge is 0.497 e. The second kappa shape index (κ2) is 10.2. The zero-order valence-electron chi connectivity index (χ0n) is 20.1. The van der Waals surface area contributed by atoms with E-state index in [1.54, 1.807) is 43.5 Å². The molecule has 1 aromatic carbocycles. The summed E-state index contributed by atoms with van der Waals surface area (Å²) in [4.78, 5) is 26.0. The number of urea groups is 1. The Balaban J connectivity index is 1.16. The third kappa shape index (κ3) is 5.16. The quantitative estimate of drug-likeness (QED) is 0.563. The zero-order chi connectivity index (χ0) is 24.2. The lowest BCUT2D eigenvalue weighted by Crippen LogP contribution is -2.50. The molecule has 1 saturated carbocycles. The van der Waals surface area contributed by atoms with Crippen LogP contribution in [0.1, 0.15) is 37.5 Å². The molecule has 2 aliphatic rings. The molecule has 3 aromatic rings. The summed E-state index contributed by atoms with van der Waals surface area (Å²) in [6.45, 7) is 2.56. The number of benzene rings is 1. The van der Waals surface area contributed by atoms with Crippen molar-refractivity contribution in [3.63, 3.8) is 0 Å². The minimum Gasteiger partial charge on any atom is -0.497 e. The average molecular weight is 479 g/mol. The second-order valence-corrected chi connectivity index (χ2v) is 8.85. The number of amides is 2. The molecule has 184 valence electrons. The van der Waals surface area contributed by atoms with Crippen molar-refractivity contribution in [2.45, 2.75) is 31.6 Å². The molecule has 2 fully saturated rings. The van der Waals surface area contributed by atoms with Crippen molar-refractivity contribution in [1.82, 2.24) is 20.0 Å². The molecule has 0 unspecified atom stereocenters. The van der Waals surface area contributed by atoms with Crippen molar-refractivity contribution < 1.29 is 18.8 Å². The fourth-order valence-electron chi connectivity index (χ4n) is 4.62. The Kier molecular flexibility index (Phi) is 6.69. The third-order valence-corrected chi connectivity index (χ3v) is 6.65. The Labute approximate surface area is 204 Å². The van der Waals surface area contributed by atoms with Gasteiger partial charge in [-0.2, -0.15) is 4.98 Å². The van der Waals surface area contributed by atoms with Crippen molar-refractivity contribution >= 4 is 17.5 Å². The number of carbonyl (C=O) groups excluding carboxylic acids is 1. The van der Waals surface area contributed by atoms with Crippen LogP contribution in [0.15, 0.2) is 41.1 Å². The molecule has 1 N–H and O–H groups in total. The Morgan fingerprint density at radius 3 is 2.37 bits per heavy atom. The van der Waals surface area contributed by atoms with Gasteiger partial charge in [0.25, 0.3) is 0 Å². The first-order chi connectivity index (χ1) is 17.1. The minimum absolute atomic E-state index is 0.154. The van der Waals surface area contributed by atoms with Crippen LogP contribution in [0.5, 0.6) is 11.5 Å². The van der Waals surface area contributed by atoms with Crippen LogP contribution in [-0.4, -0.2) is 66.5 Å². The van der Waals surface area contributed by atoms with Crippen molar-refractivity contribution in [3.05, 3.63) is 42.4 Å². The second-order valence-electron chi connectivity index (χ2n) is 8.85. The summed E-state index contributed by atoms with van der Waals surface area (Å²) in [5, 5.41) is 7.09. The summed E-state index contributed by atoms with van der Waals surface area (Å²) in [6, 6.07) is 9.09. The lowest BCUT2D eigenvalue weighted by molar-refractivity contribution is 0.208. The highest BCUT2D eigenvalue weighted by Gasteiger charge is 2.24. The van der Waals surface area contributed by atoms with Crippen LogP contribution in [-0.2, 0) is 0 Å². The molecular weight excluding hydrogens is 448 g/mol. The molecule has 1 saturated heterocycles. The number of carbonyl (C=O) groups is 1. The van der Waals surface area contributed by atoms with Crippen LogP contribution >= 0.6 is 0 Å². The molecule has 1 aliphatic carbocycles. The van der Waals surface area contributed by atoms with Gasteiger partial charge in [0.05, 0.1) is 14.2 Å². The maximum absolute atomic E-state index is 12.8. The van der Waals surface area contributed by atoms with Crippen molar-refractivity contribution in [2.75, 3.05) is 50.6 Å². The molecule has 0 bridgehead atoms. The molecule has 5 rings (SSSR count). The number of anilines is 2. The van der Waals surface area contributed by atoms with Gasteiger partial charge in [-0.25, -0.2) is 9.78 Å². The number of ether oxygens (including phenoxy) is 2. The number of nitrogens with one attached hydrogen (secondary N) is 1. The van der Waals surface area contributed by atoms with Crippen LogP contribution in [0.3, 0.4) is 0 Å². The van der Waals surface area contributed by atoms with Gasteiger partial charge in [0.15, 0.2) is 0 Å². The van der Waals surface area contributed by atoms with Crippen molar-refractivity contribution in [2.24, 2.45) is 0 Å². The van der Waals surface area contributed by atoms with Crippen LogP contribution in [0.2, 0.25) is 0 Å². The summed E-state index contributed by atoms with van der Waals surface area (Å²) < 4.78 is 16.0. The number of pyridine rings is 1. The van der Waals surface area contributed by atoms with Gasteiger partial charge in [-0.05, 0) is 25.0 Å². The van der Waals surface area contributed by atoms with Crippen LogP contribution in [0, 0.1) is 0 Å². The highest BCUT2D eigenvalue weighted by atomic mass is 16.5. The highest BCUT2D eigenvalue weighted by molar-refractivity contribution is 5.90. The first-order valence-corrected chi connectivity index (χ1v) is 12.0. The minimum atomic E-state index is -0.154. The molecule has 10 heteroatoms. The Bertz CT molecular complexity index is 1130. The van der Waals surface area contributed by atoms with Gasteiger partial charge in [0, 0.05) is 67.7 Å². The van der Waals surface area contributed by atoms with Gasteiger partial charge in [-0.1, -0.05) is 18.0 Å². The van der Waals surface area contributed by atoms with Gasteiger partial charge in [-0.15, -0.1) is 0 Å². The molecule has 3 heterocycles. The molecule has 2 amide bonds. The van der Waals surface area contributed by atoms with E-state index in [1.807, 2.05) is 12.1 Å². The maximum Gasteiger partial charge on any atom is 0.321 e. The van der Waals surface area contributed by atoms with Crippen LogP contribution in [0.4, 0.5) is 16.3 Å². The molecule has 2 aromatic heterocycles. The normalized spacial score (nSPS) is 16.4. The standard InChI is InChI=1S/C25H30N6O4/c1-33-20-13-19(14-21(15-20)34-2)27-25(32)31-11-9-30(10-12-31)22-8-7-18(16-26-22)23-28-24(35-29-23)17-5-3-4-6-17/h7-8,13-17H,3-6,9-12H2,1-2H3,(H,27,32). The molecule has 10 nitrogen and oxygen atoms in total. The maximum atomic E-state index is 12.8. The first-order valence-electron chi connectivity index (χ1n) is 12.0. The van der Waals surface area contributed by atoms with E-state index in [1.165, 1.54) is 12.8 Å². The summed E-state index contributed by atoms with van der Waals surface area (Å²) in [7, 11) is 3.16. The lowest BCUT2D eigenvalue weighted by Gasteiger charge is -2.35. The monoisotopic (exact) mass is 478 g/mol. The number of rotatable bonds is 6. The summed E-state index contributed by atoms with van der Waals surface area (Å²) in [5.74, 6) is 3.82. The van der Waals surface area contributed by atoms with E-state index < -0.39 is 0 Å². The molecule has 35 heavy (non-hydrogen) atoms. The predicted molar refractivity (Wildman–Crippen MR) is 131 cm³/mol. The number of methoxy groups -OCH3 is 2. The zero-order valence-corrected chi connectivity index (χ0v) is 20.1. The Morgan fingerprint density at radius 2 is 1.74 bits per heavy atom. The van der Waals surface area contributed by atoms with Gasteiger partial charge in [0.2, 0.25) is 11.7 Å². The predicted octanol–water partition coefficient (Wildman–Crippen LogP) is 4.16. The fourth-order valence-corrected chi connectivity index (χ4v) is 4.62. The van der Waals surface area contributed by atoms with Crippen molar-refractivity contribution in [3.8, 4) is 22.9 Å². The van der Waals surface area contributed by atoms with Crippen molar-refractivity contribution in [1.29, 1.82) is 0 Å². The van der Waals surface area contributed by atoms with Crippen LogP contribution < -0.4 is 19.7 Å². The SMILES string of the molecule is COc1cc(NC(=O)N2CCN(c3ccc(-c4noc(C5CCCC5)n4)cn3)CC2)cc(OC)c1. The Morgan fingerprint density at radius 1 is 1.03 bits per heavy atom. The number of aromatic nitrogens is 3. The van der Waals surface area contributed by atoms with E-state index in [2.05, 4.69) is 25.3 Å². The smallest absolute Gasteiger partial charge is 0.321 e. The van der Waals surface area contributed by atoms with E-state index in [-0.39, 0.29) is 6.03 Å². The lowest BCUT2D eigenvalue weighted by atomic mass is 10.1. The summed E-state index contributed by atoms with van der Waals surface area (Å²) in [5.41, 5.74) is 1.47. The summed E-state index contributed by atoms with van der Waals surface area (Å²) >= 11 is 0.